The van der Waals surface area contributed by atoms with Gasteiger partial charge in [-0.1, -0.05) is 53.7 Å². The van der Waals surface area contributed by atoms with Gasteiger partial charge in [0.15, 0.2) is 5.76 Å². The van der Waals surface area contributed by atoms with E-state index >= 15 is 0 Å². The van der Waals surface area contributed by atoms with Crippen LogP contribution in [0.15, 0.2) is 71.3 Å². The summed E-state index contributed by atoms with van der Waals surface area (Å²) in [6, 6.07) is 20.5. The number of anilines is 1. The van der Waals surface area contributed by atoms with Gasteiger partial charge in [0.1, 0.15) is 6.04 Å². The number of para-hydroxylation sites is 1. The zero-order valence-corrected chi connectivity index (χ0v) is 15.4. The van der Waals surface area contributed by atoms with Crippen molar-refractivity contribution in [2.24, 2.45) is 0 Å². The van der Waals surface area contributed by atoms with Crippen LogP contribution in [0.2, 0.25) is 0 Å². The fourth-order valence-electron chi connectivity index (χ4n) is 3.44. The summed E-state index contributed by atoms with van der Waals surface area (Å²) in [7, 11) is 0. The summed E-state index contributed by atoms with van der Waals surface area (Å²) in [6.45, 7) is 0.437. The summed E-state index contributed by atoms with van der Waals surface area (Å²) in [5.41, 5.74) is 2.50. The first-order chi connectivity index (χ1) is 13.7. The van der Waals surface area contributed by atoms with Crippen molar-refractivity contribution in [1.82, 2.24) is 10.5 Å². The molecule has 0 bridgehead atoms. The van der Waals surface area contributed by atoms with Crippen LogP contribution in [0.4, 0.5) is 5.69 Å². The van der Waals surface area contributed by atoms with Crippen LogP contribution in [-0.2, 0) is 16.0 Å². The van der Waals surface area contributed by atoms with Gasteiger partial charge >= 0.3 is 0 Å². The van der Waals surface area contributed by atoms with E-state index in [1.807, 2.05) is 66.7 Å². The molecule has 0 aliphatic carbocycles. The van der Waals surface area contributed by atoms with Crippen molar-refractivity contribution >= 4 is 17.5 Å². The Balaban J connectivity index is 1.34. The number of carbonyl (C=O) groups excluding carboxylic acids is 2. The SMILES string of the molecule is O=C(NCCc1cc(-c2ccccc2)on1)C1CCC(=O)N1c1ccccc1. The van der Waals surface area contributed by atoms with Gasteiger partial charge in [-0.2, -0.15) is 0 Å². The maximum absolute atomic E-state index is 12.6. The average molecular weight is 375 g/mol. The molecule has 1 atom stereocenters. The highest BCUT2D eigenvalue weighted by molar-refractivity contribution is 6.03. The smallest absolute Gasteiger partial charge is 0.243 e. The molecule has 2 aromatic carbocycles. The number of amides is 2. The molecule has 1 unspecified atom stereocenters. The zero-order valence-electron chi connectivity index (χ0n) is 15.4. The fourth-order valence-corrected chi connectivity index (χ4v) is 3.44. The van der Waals surface area contributed by atoms with E-state index in [9.17, 15) is 9.59 Å². The summed E-state index contributed by atoms with van der Waals surface area (Å²) in [4.78, 5) is 26.5. The topological polar surface area (TPSA) is 75.4 Å². The van der Waals surface area contributed by atoms with Crippen molar-refractivity contribution < 1.29 is 14.1 Å². The summed E-state index contributed by atoms with van der Waals surface area (Å²) in [5.74, 6) is 0.551. The molecule has 1 N–H and O–H groups in total. The Hall–Kier alpha value is -3.41. The van der Waals surface area contributed by atoms with E-state index in [2.05, 4.69) is 10.5 Å². The monoisotopic (exact) mass is 375 g/mol. The highest BCUT2D eigenvalue weighted by Crippen LogP contribution is 2.26. The Kier molecular flexibility index (Phi) is 5.19. The first-order valence-electron chi connectivity index (χ1n) is 9.38. The minimum Gasteiger partial charge on any atom is -0.356 e. The first-order valence-corrected chi connectivity index (χ1v) is 9.38. The van der Waals surface area contributed by atoms with Gasteiger partial charge < -0.3 is 9.84 Å². The number of benzene rings is 2. The number of hydrogen-bond donors (Lipinski definition) is 1. The fraction of sp³-hybridized carbons (Fsp3) is 0.227. The lowest BCUT2D eigenvalue weighted by Crippen LogP contribution is -2.45. The van der Waals surface area contributed by atoms with Gasteiger partial charge in [0.2, 0.25) is 11.8 Å². The summed E-state index contributed by atoms with van der Waals surface area (Å²) in [6.07, 6.45) is 1.48. The van der Waals surface area contributed by atoms with Gasteiger partial charge in [-0.05, 0) is 18.6 Å². The van der Waals surface area contributed by atoms with Crippen molar-refractivity contribution in [2.45, 2.75) is 25.3 Å². The molecule has 3 aromatic rings. The maximum Gasteiger partial charge on any atom is 0.243 e. The average Bonchev–Trinajstić information content (AvgIpc) is 3.36. The minimum absolute atomic E-state index is 0.0182. The summed E-state index contributed by atoms with van der Waals surface area (Å²) in [5, 5.41) is 7.00. The first kappa shape index (κ1) is 18.0. The lowest BCUT2D eigenvalue weighted by atomic mass is 10.1. The van der Waals surface area contributed by atoms with Crippen LogP contribution in [0.5, 0.6) is 0 Å². The number of hydrogen-bond acceptors (Lipinski definition) is 4. The molecule has 28 heavy (non-hydrogen) atoms. The summed E-state index contributed by atoms with van der Waals surface area (Å²) >= 11 is 0. The Morgan fingerprint density at radius 3 is 2.57 bits per heavy atom. The maximum atomic E-state index is 12.6. The van der Waals surface area contributed by atoms with Crippen LogP contribution >= 0.6 is 0 Å². The van der Waals surface area contributed by atoms with Gasteiger partial charge in [0.25, 0.3) is 0 Å². The lowest BCUT2D eigenvalue weighted by Gasteiger charge is -2.24. The van der Waals surface area contributed by atoms with E-state index in [4.69, 9.17) is 4.52 Å². The van der Waals surface area contributed by atoms with E-state index in [0.717, 1.165) is 16.9 Å². The molecule has 1 aromatic heterocycles. The molecule has 1 aliphatic heterocycles. The molecular weight excluding hydrogens is 354 g/mol. The molecule has 142 valence electrons. The Labute approximate surface area is 163 Å². The molecule has 2 amide bonds. The van der Waals surface area contributed by atoms with Gasteiger partial charge in [0, 0.05) is 36.7 Å². The quantitative estimate of drug-likeness (QED) is 0.718. The number of rotatable bonds is 6. The second-order valence-electron chi connectivity index (χ2n) is 6.74. The van der Waals surface area contributed by atoms with Crippen molar-refractivity contribution in [3.8, 4) is 11.3 Å². The zero-order chi connectivity index (χ0) is 19.3. The predicted molar refractivity (Wildman–Crippen MR) is 106 cm³/mol. The van der Waals surface area contributed by atoms with Crippen LogP contribution in [0.3, 0.4) is 0 Å². The van der Waals surface area contributed by atoms with Crippen molar-refractivity contribution in [3.05, 3.63) is 72.4 Å². The van der Waals surface area contributed by atoms with Crippen LogP contribution in [-0.4, -0.2) is 29.6 Å². The molecule has 0 radical (unpaired) electrons. The van der Waals surface area contributed by atoms with Gasteiger partial charge in [0.05, 0.1) is 5.69 Å². The van der Waals surface area contributed by atoms with Crippen LogP contribution < -0.4 is 10.2 Å². The second-order valence-corrected chi connectivity index (χ2v) is 6.74. The van der Waals surface area contributed by atoms with Crippen molar-refractivity contribution in [1.29, 1.82) is 0 Å². The van der Waals surface area contributed by atoms with E-state index < -0.39 is 6.04 Å². The van der Waals surface area contributed by atoms with Crippen LogP contribution in [0.1, 0.15) is 18.5 Å². The molecule has 6 heteroatoms. The lowest BCUT2D eigenvalue weighted by molar-refractivity contribution is -0.123. The standard InChI is InChI=1S/C22H21N3O3/c26-21-12-11-19(25(21)18-9-5-2-6-10-18)22(27)23-14-13-17-15-20(28-24-17)16-7-3-1-4-8-16/h1-10,15,19H,11-14H2,(H,23,27). The highest BCUT2D eigenvalue weighted by atomic mass is 16.5. The molecule has 0 spiro atoms. The van der Waals surface area contributed by atoms with E-state index in [1.165, 1.54) is 0 Å². The number of carbonyl (C=O) groups is 2. The molecule has 2 heterocycles. The second kappa shape index (κ2) is 8.08. The summed E-state index contributed by atoms with van der Waals surface area (Å²) < 4.78 is 5.38. The third-order valence-corrected chi connectivity index (χ3v) is 4.85. The molecule has 6 nitrogen and oxygen atoms in total. The van der Waals surface area contributed by atoms with Crippen molar-refractivity contribution in [2.75, 3.05) is 11.4 Å². The Morgan fingerprint density at radius 2 is 1.82 bits per heavy atom. The van der Waals surface area contributed by atoms with E-state index in [1.54, 1.807) is 4.90 Å². The van der Waals surface area contributed by atoms with Gasteiger partial charge in [-0.3, -0.25) is 14.5 Å². The van der Waals surface area contributed by atoms with Gasteiger partial charge in [-0.25, -0.2) is 0 Å². The normalized spacial score (nSPS) is 16.4. The molecule has 1 saturated heterocycles. The molecule has 0 saturated carbocycles. The third-order valence-electron chi connectivity index (χ3n) is 4.85. The van der Waals surface area contributed by atoms with Crippen molar-refractivity contribution in [3.63, 3.8) is 0 Å². The van der Waals surface area contributed by atoms with E-state index in [0.29, 0.717) is 31.6 Å². The predicted octanol–water partition coefficient (Wildman–Crippen LogP) is 3.20. The van der Waals surface area contributed by atoms with Gasteiger partial charge in [-0.15, -0.1) is 0 Å². The molecule has 4 rings (SSSR count). The number of aromatic nitrogens is 1. The third kappa shape index (κ3) is 3.81. The molecule has 1 fully saturated rings. The van der Waals surface area contributed by atoms with Crippen LogP contribution in [0.25, 0.3) is 11.3 Å². The Bertz CT molecular complexity index is 953. The molecule has 1 aliphatic rings. The minimum atomic E-state index is -0.466. The molecular formula is C22H21N3O3. The number of nitrogens with zero attached hydrogens (tertiary/aromatic N) is 2. The largest absolute Gasteiger partial charge is 0.356 e. The van der Waals surface area contributed by atoms with Crippen LogP contribution in [0, 0.1) is 0 Å². The number of nitrogens with one attached hydrogen (secondary N) is 1. The Morgan fingerprint density at radius 1 is 1.11 bits per heavy atom. The highest BCUT2D eigenvalue weighted by Gasteiger charge is 2.36. The van der Waals surface area contributed by atoms with E-state index in [-0.39, 0.29) is 11.8 Å².